The molecule has 0 bridgehead atoms. The fourth-order valence-electron chi connectivity index (χ4n) is 3.47. The summed E-state index contributed by atoms with van der Waals surface area (Å²) in [6.45, 7) is 13.3. The molecule has 0 spiro atoms. The Morgan fingerprint density at radius 1 is 1.04 bits per heavy atom. The van der Waals surface area contributed by atoms with Gasteiger partial charge in [-0.05, 0) is 54.2 Å². The second kappa shape index (κ2) is 7.11. The summed E-state index contributed by atoms with van der Waals surface area (Å²) in [6, 6.07) is 6.23. The number of benzene rings is 1. The average Bonchev–Trinajstić information content (AvgIpc) is 2.51. The van der Waals surface area contributed by atoms with Crippen LogP contribution in [-0.2, 0) is 24.4 Å². The highest BCUT2D eigenvalue weighted by molar-refractivity contribution is 7.56. The number of hydrogen-bond acceptors (Lipinski definition) is 3. The molecule has 5 heteroatoms. The maximum atomic E-state index is 13.0. The van der Waals surface area contributed by atoms with Gasteiger partial charge < -0.3 is 9.05 Å². The van der Waals surface area contributed by atoms with Crippen molar-refractivity contribution in [3.63, 3.8) is 0 Å². The molecule has 2 rings (SSSR count). The standard InChI is InChI=1S/C19H30ClO3P/c1-7-22-24(21,23-8-2)17(20)14-9-10-15-16(13-14)19(5,6)12-11-18(15,3)4/h9-10,13,17H,7-8,11-12H2,1-6H3. The summed E-state index contributed by atoms with van der Waals surface area (Å²) in [6.07, 6.45) is 2.28. The molecule has 24 heavy (non-hydrogen) atoms. The molecule has 1 aromatic carbocycles. The van der Waals surface area contributed by atoms with Gasteiger partial charge in [-0.1, -0.05) is 45.9 Å². The third-order valence-electron chi connectivity index (χ3n) is 5.05. The van der Waals surface area contributed by atoms with E-state index in [1.54, 1.807) is 13.8 Å². The summed E-state index contributed by atoms with van der Waals surface area (Å²) in [5.41, 5.74) is 3.69. The van der Waals surface area contributed by atoms with Crippen LogP contribution in [0.25, 0.3) is 0 Å². The number of rotatable bonds is 6. The second-order valence-electron chi connectivity index (χ2n) is 7.78. The van der Waals surface area contributed by atoms with E-state index in [2.05, 4.69) is 39.8 Å². The minimum Gasteiger partial charge on any atom is -0.308 e. The Hall–Kier alpha value is -0.340. The topological polar surface area (TPSA) is 35.5 Å². The molecule has 1 atom stereocenters. The summed E-state index contributed by atoms with van der Waals surface area (Å²) < 4.78 is 23.8. The predicted octanol–water partition coefficient (Wildman–Crippen LogP) is 6.54. The molecule has 1 aromatic rings. The average molecular weight is 373 g/mol. The number of fused-ring (bicyclic) bond motifs is 1. The SMILES string of the molecule is CCOP(=O)(OCC)C(Cl)c1ccc2c(c1)C(C)(C)CCC2(C)C. The number of hydrogen-bond donors (Lipinski definition) is 0. The summed E-state index contributed by atoms with van der Waals surface area (Å²) in [4.78, 5) is 0. The molecule has 1 unspecified atom stereocenters. The third kappa shape index (κ3) is 3.75. The van der Waals surface area contributed by atoms with Gasteiger partial charge in [0.15, 0.2) is 5.12 Å². The minimum atomic E-state index is -3.38. The number of alkyl halides is 1. The molecular formula is C19H30ClO3P. The molecular weight excluding hydrogens is 343 g/mol. The number of halogens is 1. The Balaban J connectivity index is 2.48. The van der Waals surface area contributed by atoms with E-state index < -0.39 is 12.7 Å². The van der Waals surface area contributed by atoms with Crippen molar-refractivity contribution in [2.45, 2.75) is 70.3 Å². The van der Waals surface area contributed by atoms with Gasteiger partial charge in [0.2, 0.25) is 0 Å². The van der Waals surface area contributed by atoms with Crippen molar-refractivity contribution in [1.82, 2.24) is 0 Å². The van der Waals surface area contributed by atoms with Crippen LogP contribution in [0.2, 0.25) is 0 Å². The van der Waals surface area contributed by atoms with E-state index in [4.69, 9.17) is 20.6 Å². The van der Waals surface area contributed by atoms with Crippen LogP contribution in [0.3, 0.4) is 0 Å². The van der Waals surface area contributed by atoms with E-state index in [1.165, 1.54) is 11.1 Å². The molecule has 0 saturated heterocycles. The summed E-state index contributed by atoms with van der Waals surface area (Å²) >= 11 is 6.56. The highest BCUT2D eigenvalue weighted by Gasteiger charge is 2.40. The molecule has 0 aromatic heterocycles. The van der Waals surface area contributed by atoms with Crippen LogP contribution >= 0.6 is 19.2 Å². The summed E-state index contributed by atoms with van der Waals surface area (Å²) in [5.74, 6) is 0. The molecule has 1 aliphatic carbocycles. The molecule has 3 nitrogen and oxygen atoms in total. The molecule has 0 aliphatic heterocycles. The van der Waals surface area contributed by atoms with Crippen LogP contribution in [-0.4, -0.2) is 13.2 Å². The maximum Gasteiger partial charge on any atom is 0.352 e. The Bertz CT molecular complexity index is 629. The van der Waals surface area contributed by atoms with E-state index in [-0.39, 0.29) is 10.8 Å². The van der Waals surface area contributed by atoms with Gasteiger partial charge in [-0.25, -0.2) is 0 Å². The van der Waals surface area contributed by atoms with E-state index in [0.717, 1.165) is 18.4 Å². The Morgan fingerprint density at radius 2 is 1.54 bits per heavy atom. The molecule has 0 N–H and O–H groups in total. The first-order chi connectivity index (χ1) is 11.1. The van der Waals surface area contributed by atoms with E-state index >= 15 is 0 Å². The smallest absolute Gasteiger partial charge is 0.308 e. The zero-order valence-corrected chi connectivity index (χ0v) is 17.3. The van der Waals surface area contributed by atoms with E-state index in [9.17, 15) is 4.57 Å². The zero-order chi connectivity index (χ0) is 18.2. The lowest BCUT2D eigenvalue weighted by atomic mass is 9.63. The van der Waals surface area contributed by atoms with Crippen molar-refractivity contribution in [3.05, 3.63) is 34.9 Å². The van der Waals surface area contributed by atoms with Gasteiger partial charge in [-0.2, -0.15) is 0 Å². The van der Waals surface area contributed by atoms with Crippen LogP contribution in [0.5, 0.6) is 0 Å². The Kier molecular flexibility index (Phi) is 5.92. The van der Waals surface area contributed by atoms with Gasteiger partial charge in [-0.15, -0.1) is 11.6 Å². The van der Waals surface area contributed by atoms with Crippen molar-refractivity contribution in [1.29, 1.82) is 0 Å². The molecule has 0 radical (unpaired) electrons. The third-order valence-corrected chi connectivity index (χ3v) is 8.11. The lowest BCUT2D eigenvalue weighted by Gasteiger charge is -2.42. The van der Waals surface area contributed by atoms with Crippen molar-refractivity contribution in [3.8, 4) is 0 Å². The molecule has 1 aliphatic rings. The van der Waals surface area contributed by atoms with Crippen LogP contribution in [0.4, 0.5) is 0 Å². The van der Waals surface area contributed by atoms with Gasteiger partial charge in [0.25, 0.3) is 0 Å². The second-order valence-corrected chi connectivity index (χ2v) is 10.6. The summed E-state index contributed by atoms with van der Waals surface area (Å²) in [7, 11) is -3.38. The van der Waals surface area contributed by atoms with Crippen molar-refractivity contribution < 1.29 is 13.6 Å². The fraction of sp³-hybridized carbons (Fsp3) is 0.684. The van der Waals surface area contributed by atoms with Gasteiger partial charge in [-0.3, -0.25) is 4.57 Å². The van der Waals surface area contributed by atoms with Gasteiger partial charge >= 0.3 is 7.60 Å². The highest BCUT2D eigenvalue weighted by Crippen LogP contribution is 2.63. The van der Waals surface area contributed by atoms with Crippen LogP contribution in [0, 0.1) is 0 Å². The van der Waals surface area contributed by atoms with E-state index in [0.29, 0.717) is 13.2 Å². The van der Waals surface area contributed by atoms with Gasteiger partial charge in [0.05, 0.1) is 13.2 Å². The van der Waals surface area contributed by atoms with Crippen LogP contribution < -0.4 is 0 Å². The Morgan fingerprint density at radius 3 is 2.04 bits per heavy atom. The minimum absolute atomic E-state index is 0.0820. The lowest BCUT2D eigenvalue weighted by Crippen LogP contribution is -2.33. The fourth-order valence-corrected chi connectivity index (χ4v) is 5.52. The zero-order valence-electron chi connectivity index (χ0n) is 15.7. The highest BCUT2D eigenvalue weighted by atomic mass is 35.5. The maximum absolute atomic E-state index is 13.0. The molecule has 0 fully saturated rings. The monoisotopic (exact) mass is 372 g/mol. The summed E-state index contributed by atoms with van der Waals surface area (Å²) in [5, 5.41) is -0.788. The van der Waals surface area contributed by atoms with Crippen molar-refractivity contribution >= 4 is 19.2 Å². The first kappa shape index (κ1) is 20.0. The first-order valence-corrected chi connectivity index (χ1v) is 10.8. The lowest BCUT2D eigenvalue weighted by molar-refractivity contribution is 0.218. The van der Waals surface area contributed by atoms with E-state index in [1.807, 2.05) is 6.07 Å². The van der Waals surface area contributed by atoms with Gasteiger partial charge in [0.1, 0.15) is 0 Å². The molecule has 0 heterocycles. The Labute approximate surface area is 151 Å². The van der Waals surface area contributed by atoms with Gasteiger partial charge in [0, 0.05) is 0 Å². The van der Waals surface area contributed by atoms with Crippen molar-refractivity contribution in [2.24, 2.45) is 0 Å². The first-order valence-electron chi connectivity index (χ1n) is 8.75. The predicted molar refractivity (Wildman–Crippen MR) is 101 cm³/mol. The van der Waals surface area contributed by atoms with Crippen LogP contribution in [0.1, 0.15) is 76.2 Å². The molecule has 136 valence electrons. The van der Waals surface area contributed by atoms with Crippen molar-refractivity contribution in [2.75, 3.05) is 13.2 Å². The largest absolute Gasteiger partial charge is 0.352 e. The molecule has 0 amide bonds. The normalized spacial score (nSPS) is 20.5. The van der Waals surface area contributed by atoms with Crippen LogP contribution in [0.15, 0.2) is 18.2 Å². The molecule has 0 saturated carbocycles. The quantitative estimate of drug-likeness (QED) is 0.420.